The Morgan fingerprint density at radius 3 is 2.47 bits per heavy atom. The number of rotatable bonds is 12. The molecule has 3 saturated heterocycles. The van der Waals surface area contributed by atoms with Crippen LogP contribution >= 0.6 is 0 Å². The predicted molar refractivity (Wildman–Crippen MR) is 209 cm³/mol. The molecule has 0 spiro atoms. The number of anilines is 1. The SMILES string of the molecule is Cn1c(=O)n(C2CCC(=O)NC2=O)c2ccc(CCCCCCC(=O)N3CCN([C@H]4CC[C@H](Nc5ncnn6ccc(C7CCOCC7)c56)CC4)CC3)cc21. The summed E-state index contributed by atoms with van der Waals surface area (Å²) in [4.78, 5) is 59.6. The van der Waals surface area contributed by atoms with Crippen molar-refractivity contribution < 1.29 is 19.1 Å². The van der Waals surface area contributed by atoms with Crippen molar-refractivity contribution in [2.45, 2.75) is 114 Å². The highest BCUT2D eigenvalue weighted by Crippen LogP contribution is 2.34. The van der Waals surface area contributed by atoms with Crippen LogP contribution in [0.25, 0.3) is 16.6 Å². The Labute approximate surface area is 321 Å². The third kappa shape index (κ3) is 8.07. The number of fused-ring (bicyclic) bond motifs is 2. The highest BCUT2D eigenvalue weighted by molar-refractivity contribution is 6.00. The van der Waals surface area contributed by atoms with Crippen LogP contribution in [0.15, 0.2) is 41.6 Å². The Morgan fingerprint density at radius 1 is 0.909 bits per heavy atom. The minimum Gasteiger partial charge on any atom is -0.381 e. The summed E-state index contributed by atoms with van der Waals surface area (Å²) in [6.45, 7) is 5.16. The van der Waals surface area contributed by atoms with Crippen molar-refractivity contribution in [1.82, 2.24) is 38.8 Å². The third-order valence-electron chi connectivity index (χ3n) is 12.6. The molecular weight excluding hydrogens is 699 g/mol. The molecule has 294 valence electrons. The van der Waals surface area contributed by atoms with Gasteiger partial charge in [0.15, 0.2) is 5.82 Å². The second-order valence-corrected chi connectivity index (χ2v) is 16.0. The van der Waals surface area contributed by atoms with Gasteiger partial charge in [0.05, 0.1) is 11.0 Å². The standard InChI is InChI=1S/C41H55N9O5/c1-46-35-26-28(8-13-33(35)50(41(46)54)34-14-15-36(51)45-40(34)53)6-4-2-3-5-7-37(52)48-22-20-47(21-23-48)31-11-9-30(10-12-31)44-39-38-32(29-17-24-55-25-18-29)16-19-49(38)43-27-42-39/h8,13,16,19,26-27,29-31,34H,2-7,9-12,14-15,17-18,20-25H2,1H3,(H,42,43,44)(H,45,51,53)/t30-,31-,34?. The Kier molecular flexibility index (Phi) is 11.3. The van der Waals surface area contributed by atoms with Gasteiger partial charge in [0.2, 0.25) is 17.7 Å². The highest BCUT2D eigenvalue weighted by atomic mass is 16.5. The maximum Gasteiger partial charge on any atom is 0.329 e. The summed E-state index contributed by atoms with van der Waals surface area (Å²) < 4.78 is 10.7. The molecule has 3 aromatic heterocycles. The quantitative estimate of drug-likeness (QED) is 0.160. The highest BCUT2D eigenvalue weighted by Gasteiger charge is 2.32. The van der Waals surface area contributed by atoms with E-state index in [1.54, 1.807) is 17.9 Å². The van der Waals surface area contributed by atoms with Crippen molar-refractivity contribution in [2.75, 3.05) is 44.7 Å². The molecule has 1 atom stereocenters. The maximum absolute atomic E-state index is 13.1. The first kappa shape index (κ1) is 37.4. The molecule has 3 aliphatic heterocycles. The van der Waals surface area contributed by atoms with E-state index in [1.807, 2.05) is 22.7 Å². The summed E-state index contributed by atoms with van der Waals surface area (Å²) in [5.41, 5.74) is 4.84. The zero-order valence-corrected chi connectivity index (χ0v) is 32.1. The van der Waals surface area contributed by atoms with Crippen LogP contribution in [0.2, 0.25) is 0 Å². The van der Waals surface area contributed by atoms with E-state index in [0.717, 1.165) is 132 Å². The van der Waals surface area contributed by atoms with Crippen molar-refractivity contribution in [3.8, 4) is 0 Å². The number of benzene rings is 1. The molecule has 1 aliphatic carbocycles. The first-order chi connectivity index (χ1) is 26.8. The van der Waals surface area contributed by atoms with Crippen molar-refractivity contribution in [2.24, 2.45) is 7.05 Å². The van der Waals surface area contributed by atoms with Gasteiger partial charge in [0, 0.05) is 77.6 Å². The number of aryl methyl sites for hydroxylation is 2. The number of carbonyl (C=O) groups excluding carboxylic acids is 3. The van der Waals surface area contributed by atoms with E-state index in [2.05, 4.69) is 37.8 Å². The van der Waals surface area contributed by atoms with E-state index < -0.39 is 11.9 Å². The molecule has 8 rings (SSSR count). The van der Waals surface area contributed by atoms with Crippen LogP contribution in [0.3, 0.4) is 0 Å². The maximum atomic E-state index is 13.1. The molecule has 0 radical (unpaired) electrons. The number of piperidine rings is 1. The number of piperazine rings is 1. The Bertz CT molecular complexity index is 2060. The van der Waals surface area contributed by atoms with Crippen LogP contribution in [0, 0.1) is 0 Å². The average molecular weight is 754 g/mol. The summed E-state index contributed by atoms with van der Waals surface area (Å²) in [7, 11) is 1.73. The number of amides is 3. The number of hydrogen-bond donors (Lipinski definition) is 2. The van der Waals surface area contributed by atoms with Crippen LogP contribution in [0.5, 0.6) is 0 Å². The zero-order chi connectivity index (χ0) is 37.9. The first-order valence-electron chi connectivity index (χ1n) is 20.6. The van der Waals surface area contributed by atoms with Crippen LogP contribution in [-0.4, -0.2) is 103 Å². The number of hydrogen-bond acceptors (Lipinski definition) is 9. The molecule has 0 bridgehead atoms. The van der Waals surface area contributed by atoms with Gasteiger partial charge in [-0.2, -0.15) is 5.10 Å². The Hall–Kier alpha value is -4.56. The Morgan fingerprint density at radius 2 is 1.69 bits per heavy atom. The van der Waals surface area contributed by atoms with Gasteiger partial charge in [-0.3, -0.25) is 33.7 Å². The lowest BCUT2D eigenvalue weighted by atomic mass is 9.89. The number of imidazole rings is 1. The summed E-state index contributed by atoms with van der Waals surface area (Å²) >= 11 is 0. The zero-order valence-electron chi connectivity index (χ0n) is 32.1. The second kappa shape index (κ2) is 16.7. The molecular formula is C41H55N9O5. The van der Waals surface area contributed by atoms with E-state index in [0.29, 0.717) is 36.4 Å². The van der Waals surface area contributed by atoms with E-state index in [-0.39, 0.29) is 23.9 Å². The van der Waals surface area contributed by atoms with Gasteiger partial charge in [0.1, 0.15) is 17.9 Å². The van der Waals surface area contributed by atoms with Crippen molar-refractivity contribution in [1.29, 1.82) is 0 Å². The molecule has 4 aliphatic rings. The predicted octanol–water partition coefficient (Wildman–Crippen LogP) is 4.31. The average Bonchev–Trinajstić information content (AvgIpc) is 3.75. The fourth-order valence-corrected chi connectivity index (χ4v) is 9.45. The third-order valence-corrected chi connectivity index (χ3v) is 12.6. The van der Waals surface area contributed by atoms with Crippen LogP contribution in [0.4, 0.5) is 5.82 Å². The fourth-order valence-electron chi connectivity index (χ4n) is 9.45. The van der Waals surface area contributed by atoms with Gasteiger partial charge in [-0.25, -0.2) is 14.3 Å². The smallest absolute Gasteiger partial charge is 0.329 e. The van der Waals surface area contributed by atoms with Crippen LogP contribution in [-0.2, 0) is 32.6 Å². The van der Waals surface area contributed by atoms with Gasteiger partial charge >= 0.3 is 5.69 Å². The summed E-state index contributed by atoms with van der Waals surface area (Å²) in [6, 6.07) is 8.48. The topological polar surface area (TPSA) is 148 Å². The molecule has 1 saturated carbocycles. The monoisotopic (exact) mass is 753 g/mol. The molecule has 3 amide bonds. The van der Waals surface area contributed by atoms with Gasteiger partial charge in [-0.1, -0.05) is 18.9 Å². The van der Waals surface area contributed by atoms with E-state index >= 15 is 0 Å². The number of imide groups is 1. The van der Waals surface area contributed by atoms with E-state index in [9.17, 15) is 19.2 Å². The lowest BCUT2D eigenvalue weighted by Crippen LogP contribution is -2.53. The number of unbranched alkanes of at least 4 members (excludes halogenated alkanes) is 3. The van der Waals surface area contributed by atoms with Crippen LogP contribution < -0.4 is 16.3 Å². The van der Waals surface area contributed by atoms with Crippen molar-refractivity contribution in [3.05, 3.63) is 58.4 Å². The van der Waals surface area contributed by atoms with Gasteiger partial charge in [0.25, 0.3) is 0 Å². The molecule has 14 heteroatoms. The van der Waals surface area contributed by atoms with E-state index in [4.69, 9.17) is 9.72 Å². The molecule has 1 aromatic carbocycles. The first-order valence-corrected chi connectivity index (χ1v) is 20.6. The normalized spacial score (nSPS) is 23.1. The minimum atomic E-state index is -0.676. The number of ether oxygens (including phenoxy) is 1. The minimum absolute atomic E-state index is 0.225. The van der Waals surface area contributed by atoms with Gasteiger partial charge in [-0.15, -0.1) is 0 Å². The molecule has 2 N–H and O–H groups in total. The summed E-state index contributed by atoms with van der Waals surface area (Å²) in [6.07, 6.45) is 16.3. The molecule has 1 unspecified atom stereocenters. The largest absolute Gasteiger partial charge is 0.381 e. The molecule has 55 heavy (non-hydrogen) atoms. The molecule has 14 nitrogen and oxygen atoms in total. The number of nitrogens with one attached hydrogen (secondary N) is 2. The second-order valence-electron chi connectivity index (χ2n) is 16.0. The lowest BCUT2D eigenvalue weighted by molar-refractivity contribution is -0.136. The number of aromatic nitrogens is 5. The molecule has 4 aromatic rings. The van der Waals surface area contributed by atoms with Crippen molar-refractivity contribution in [3.63, 3.8) is 0 Å². The summed E-state index contributed by atoms with van der Waals surface area (Å²) in [5, 5.41) is 10.6. The fraction of sp³-hybridized carbons (Fsp3) is 0.610. The number of nitrogens with zero attached hydrogens (tertiary/aromatic N) is 7. The van der Waals surface area contributed by atoms with Gasteiger partial charge in [-0.05, 0) is 99.5 Å². The van der Waals surface area contributed by atoms with Crippen LogP contribution in [0.1, 0.15) is 107 Å². The Balaban J connectivity index is 0.735. The van der Waals surface area contributed by atoms with Crippen molar-refractivity contribution >= 4 is 40.1 Å². The van der Waals surface area contributed by atoms with E-state index in [1.165, 1.54) is 10.1 Å². The molecule has 4 fully saturated rings. The lowest BCUT2D eigenvalue weighted by Gasteiger charge is -2.42. The summed E-state index contributed by atoms with van der Waals surface area (Å²) in [5.74, 6) is 1.00. The molecule has 6 heterocycles. The van der Waals surface area contributed by atoms with Gasteiger partial charge < -0.3 is 15.0 Å². The number of carbonyl (C=O) groups is 3.